The molecule has 0 spiro atoms. The highest BCUT2D eigenvalue weighted by atomic mass is 35.5. The van der Waals surface area contributed by atoms with Crippen molar-refractivity contribution in [3.05, 3.63) is 28.3 Å². The predicted octanol–water partition coefficient (Wildman–Crippen LogP) is 3.45. The molecule has 0 heterocycles. The fourth-order valence-corrected chi connectivity index (χ4v) is 1.60. The minimum absolute atomic E-state index is 0.0790. The van der Waals surface area contributed by atoms with Crippen LogP contribution in [0.15, 0.2) is 12.1 Å². The van der Waals surface area contributed by atoms with Crippen molar-refractivity contribution in [1.29, 1.82) is 0 Å². The number of hydrogen-bond acceptors (Lipinski definition) is 2. The lowest BCUT2D eigenvalue weighted by molar-refractivity contribution is 0.0936. The fraction of sp³-hybridized carbons (Fsp3) is 0.417. The summed E-state index contributed by atoms with van der Waals surface area (Å²) < 4.78 is 0. The number of carbonyl (C=O) groups excluding carboxylic acids is 1. The van der Waals surface area contributed by atoms with Crippen molar-refractivity contribution in [2.24, 2.45) is 5.92 Å². The number of aromatic hydroxyl groups is 1. The summed E-state index contributed by atoms with van der Waals surface area (Å²) in [6.07, 6.45) is 0.790. The molecule has 3 heteroatoms. The zero-order valence-electron chi connectivity index (χ0n) is 9.17. The molecule has 0 bridgehead atoms. The Morgan fingerprint density at radius 1 is 1.47 bits per heavy atom. The van der Waals surface area contributed by atoms with Gasteiger partial charge in [-0.3, -0.25) is 4.79 Å². The maximum Gasteiger partial charge on any atom is 0.169 e. The number of carbonyl (C=O) groups is 1. The highest BCUT2D eigenvalue weighted by Crippen LogP contribution is 2.30. The Balaban J connectivity index is 3.27. The van der Waals surface area contributed by atoms with E-state index in [2.05, 4.69) is 0 Å². The molecule has 0 aromatic heterocycles. The fourth-order valence-electron chi connectivity index (χ4n) is 1.36. The van der Waals surface area contributed by atoms with Crippen LogP contribution >= 0.6 is 11.6 Å². The third-order valence-corrected chi connectivity index (χ3v) is 2.61. The van der Waals surface area contributed by atoms with Crippen LogP contribution in [0.1, 0.15) is 36.7 Å². The van der Waals surface area contributed by atoms with Crippen LogP contribution in [0.25, 0.3) is 0 Å². The van der Waals surface area contributed by atoms with Crippen molar-refractivity contribution in [3.63, 3.8) is 0 Å². The van der Waals surface area contributed by atoms with Gasteiger partial charge in [-0.1, -0.05) is 32.4 Å². The Morgan fingerprint density at radius 2 is 2.07 bits per heavy atom. The first-order valence-electron chi connectivity index (χ1n) is 5.03. The van der Waals surface area contributed by atoms with Gasteiger partial charge >= 0.3 is 0 Å². The molecular weight excluding hydrogens is 212 g/mol. The van der Waals surface area contributed by atoms with Gasteiger partial charge in [-0.05, 0) is 24.1 Å². The van der Waals surface area contributed by atoms with Gasteiger partial charge in [-0.15, -0.1) is 0 Å². The third kappa shape index (κ3) is 2.51. The summed E-state index contributed by atoms with van der Waals surface area (Å²) in [6, 6.07) is 3.40. The molecule has 1 aromatic carbocycles. The largest absolute Gasteiger partial charge is 0.506 e. The van der Waals surface area contributed by atoms with Crippen LogP contribution in [0.3, 0.4) is 0 Å². The summed E-state index contributed by atoms with van der Waals surface area (Å²) in [7, 11) is 0. The molecule has 0 fully saturated rings. The van der Waals surface area contributed by atoms with Crippen LogP contribution in [0.5, 0.6) is 5.75 Å². The number of phenols is 1. The minimum Gasteiger partial charge on any atom is -0.506 e. The van der Waals surface area contributed by atoms with Crippen molar-refractivity contribution in [1.82, 2.24) is 0 Å². The molecule has 1 rings (SSSR count). The predicted molar refractivity (Wildman–Crippen MR) is 61.7 cm³/mol. The standard InChI is InChI=1S/C12H15ClO2/c1-4-8-5-9(11(14)7(2)3)12(15)10(13)6-8/h5-7,15H,4H2,1-3H3. The number of ketones is 1. The molecule has 2 nitrogen and oxygen atoms in total. The molecule has 82 valence electrons. The molecule has 0 unspecified atom stereocenters. The van der Waals surface area contributed by atoms with E-state index >= 15 is 0 Å². The van der Waals surface area contributed by atoms with Crippen molar-refractivity contribution >= 4 is 17.4 Å². The average molecular weight is 227 g/mol. The van der Waals surface area contributed by atoms with Crippen LogP contribution in [0.4, 0.5) is 0 Å². The summed E-state index contributed by atoms with van der Waals surface area (Å²) in [5.41, 5.74) is 1.29. The molecule has 0 radical (unpaired) electrons. The molecule has 15 heavy (non-hydrogen) atoms. The van der Waals surface area contributed by atoms with Gasteiger partial charge in [0, 0.05) is 5.92 Å². The van der Waals surface area contributed by atoms with Crippen molar-refractivity contribution < 1.29 is 9.90 Å². The van der Waals surface area contributed by atoms with Gasteiger partial charge in [0.05, 0.1) is 10.6 Å². The molecule has 1 N–H and O–H groups in total. The van der Waals surface area contributed by atoms with Gasteiger partial charge in [0.1, 0.15) is 5.75 Å². The highest BCUT2D eigenvalue weighted by Gasteiger charge is 2.17. The van der Waals surface area contributed by atoms with Gasteiger partial charge in [0.2, 0.25) is 0 Å². The van der Waals surface area contributed by atoms with Crippen LogP contribution < -0.4 is 0 Å². The van der Waals surface area contributed by atoms with Gasteiger partial charge in [-0.25, -0.2) is 0 Å². The lowest BCUT2D eigenvalue weighted by Gasteiger charge is -2.09. The first kappa shape index (κ1) is 12.1. The smallest absolute Gasteiger partial charge is 0.169 e. The quantitative estimate of drug-likeness (QED) is 0.802. The van der Waals surface area contributed by atoms with E-state index in [1.54, 1.807) is 26.0 Å². The van der Waals surface area contributed by atoms with E-state index in [4.69, 9.17) is 11.6 Å². The molecule has 0 aliphatic carbocycles. The van der Waals surface area contributed by atoms with E-state index in [0.717, 1.165) is 12.0 Å². The number of aryl methyl sites for hydroxylation is 1. The topological polar surface area (TPSA) is 37.3 Å². The van der Waals surface area contributed by atoms with E-state index in [-0.39, 0.29) is 22.5 Å². The van der Waals surface area contributed by atoms with Crippen LogP contribution in [0, 0.1) is 5.92 Å². The Hall–Kier alpha value is -1.02. The number of halogens is 1. The van der Waals surface area contributed by atoms with E-state index < -0.39 is 0 Å². The molecular formula is C12H15ClO2. The third-order valence-electron chi connectivity index (χ3n) is 2.32. The van der Waals surface area contributed by atoms with E-state index in [1.807, 2.05) is 6.92 Å². The van der Waals surface area contributed by atoms with Gasteiger partial charge < -0.3 is 5.11 Å². The minimum atomic E-state index is -0.140. The van der Waals surface area contributed by atoms with Crippen molar-refractivity contribution in [2.75, 3.05) is 0 Å². The number of benzene rings is 1. The number of Topliss-reactive ketones (excluding diaryl/α,β-unsaturated/α-hetero) is 1. The SMILES string of the molecule is CCc1cc(Cl)c(O)c(C(=O)C(C)C)c1. The maximum absolute atomic E-state index is 11.8. The second-order valence-electron chi connectivity index (χ2n) is 3.85. The number of phenolic OH excluding ortho intramolecular Hbond substituents is 1. The monoisotopic (exact) mass is 226 g/mol. The van der Waals surface area contributed by atoms with Crippen molar-refractivity contribution in [3.8, 4) is 5.75 Å². The van der Waals surface area contributed by atoms with Crippen LogP contribution in [-0.4, -0.2) is 10.9 Å². The first-order chi connectivity index (χ1) is 6.97. The molecule has 0 amide bonds. The lowest BCUT2D eigenvalue weighted by atomic mass is 9.98. The second kappa shape index (κ2) is 4.67. The molecule has 0 aliphatic rings. The Labute approximate surface area is 94.9 Å². The molecule has 0 aliphatic heterocycles. The Bertz CT molecular complexity index is 383. The van der Waals surface area contributed by atoms with Crippen molar-refractivity contribution in [2.45, 2.75) is 27.2 Å². The molecule has 0 atom stereocenters. The highest BCUT2D eigenvalue weighted by molar-refractivity contribution is 6.32. The maximum atomic E-state index is 11.8. The average Bonchev–Trinajstić information content (AvgIpc) is 2.20. The Morgan fingerprint density at radius 3 is 2.53 bits per heavy atom. The first-order valence-corrected chi connectivity index (χ1v) is 5.40. The zero-order chi connectivity index (χ0) is 11.6. The van der Waals surface area contributed by atoms with Gasteiger partial charge in [-0.2, -0.15) is 0 Å². The lowest BCUT2D eigenvalue weighted by Crippen LogP contribution is -2.08. The van der Waals surface area contributed by atoms with E-state index in [0.29, 0.717) is 5.56 Å². The summed E-state index contributed by atoms with van der Waals surface area (Å²) >= 11 is 5.84. The number of rotatable bonds is 3. The summed E-state index contributed by atoms with van der Waals surface area (Å²) in [5, 5.41) is 9.93. The Kier molecular flexibility index (Phi) is 3.75. The van der Waals surface area contributed by atoms with E-state index in [9.17, 15) is 9.90 Å². The molecule has 1 aromatic rings. The number of hydrogen-bond donors (Lipinski definition) is 1. The summed E-state index contributed by atoms with van der Waals surface area (Å²) in [6.45, 7) is 5.58. The molecule has 0 saturated heterocycles. The summed E-state index contributed by atoms with van der Waals surface area (Å²) in [5.74, 6) is -0.323. The van der Waals surface area contributed by atoms with Crippen LogP contribution in [-0.2, 0) is 6.42 Å². The summed E-state index contributed by atoms with van der Waals surface area (Å²) in [4.78, 5) is 11.8. The normalized spacial score (nSPS) is 10.7. The van der Waals surface area contributed by atoms with E-state index in [1.165, 1.54) is 0 Å². The van der Waals surface area contributed by atoms with Gasteiger partial charge in [0.25, 0.3) is 0 Å². The van der Waals surface area contributed by atoms with Gasteiger partial charge in [0.15, 0.2) is 5.78 Å². The molecule has 0 saturated carbocycles. The van der Waals surface area contributed by atoms with Crippen LogP contribution in [0.2, 0.25) is 5.02 Å². The second-order valence-corrected chi connectivity index (χ2v) is 4.25. The zero-order valence-corrected chi connectivity index (χ0v) is 9.93.